The molecule has 1 heterocycles. The molecule has 0 aliphatic heterocycles. The Morgan fingerprint density at radius 1 is 1.03 bits per heavy atom. The highest BCUT2D eigenvalue weighted by molar-refractivity contribution is 7.13. The molecule has 0 saturated carbocycles. The molecule has 1 amide bonds. The molecule has 6 nitrogen and oxygen atoms in total. The number of benzene rings is 3. The number of aromatic nitrogens is 1. The molecule has 172 valence electrons. The molecule has 0 aliphatic rings. The number of amides is 1. The Kier molecular flexibility index (Phi) is 7.57. The summed E-state index contributed by atoms with van der Waals surface area (Å²) in [7, 11) is 0. The highest BCUT2D eigenvalue weighted by Gasteiger charge is 2.13. The zero-order chi connectivity index (χ0) is 23.9. The Balaban J connectivity index is 1.37. The van der Waals surface area contributed by atoms with E-state index in [0.29, 0.717) is 34.5 Å². The predicted molar refractivity (Wildman–Crippen MR) is 134 cm³/mol. The molecule has 3 aromatic carbocycles. The van der Waals surface area contributed by atoms with E-state index in [1.54, 1.807) is 54.8 Å². The monoisotopic (exact) mass is 492 g/mol. The number of carbonyl (C=O) groups excluding carboxylic acids is 2. The van der Waals surface area contributed by atoms with Gasteiger partial charge in [0.15, 0.2) is 0 Å². The first-order valence-electron chi connectivity index (χ1n) is 10.6. The lowest BCUT2D eigenvalue weighted by Gasteiger charge is -2.10. The van der Waals surface area contributed by atoms with Gasteiger partial charge >= 0.3 is 5.97 Å². The van der Waals surface area contributed by atoms with Crippen molar-refractivity contribution in [2.24, 2.45) is 0 Å². The van der Waals surface area contributed by atoms with Gasteiger partial charge in [-0.05, 0) is 48.9 Å². The van der Waals surface area contributed by atoms with E-state index in [4.69, 9.17) is 21.1 Å². The first kappa shape index (κ1) is 23.5. The van der Waals surface area contributed by atoms with E-state index in [1.165, 1.54) is 11.3 Å². The summed E-state index contributed by atoms with van der Waals surface area (Å²) >= 11 is 7.74. The molecule has 0 saturated heterocycles. The molecule has 0 fully saturated rings. The van der Waals surface area contributed by atoms with Crippen LogP contribution >= 0.6 is 22.9 Å². The van der Waals surface area contributed by atoms with Gasteiger partial charge in [0.05, 0.1) is 18.1 Å². The Morgan fingerprint density at radius 2 is 1.79 bits per heavy atom. The van der Waals surface area contributed by atoms with Crippen molar-refractivity contribution in [2.75, 3.05) is 11.9 Å². The summed E-state index contributed by atoms with van der Waals surface area (Å²) in [6.45, 7) is 2.10. The average molecular weight is 493 g/mol. The summed E-state index contributed by atoms with van der Waals surface area (Å²) in [4.78, 5) is 28.6. The largest absolute Gasteiger partial charge is 0.466 e. The summed E-state index contributed by atoms with van der Waals surface area (Å²) in [6, 6.07) is 21.8. The van der Waals surface area contributed by atoms with Gasteiger partial charge < -0.3 is 14.8 Å². The molecule has 0 aliphatic carbocycles. The Hall–Kier alpha value is -3.68. The van der Waals surface area contributed by atoms with Gasteiger partial charge in [-0.3, -0.25) is 9.59 Å². The molecule has 0 bridgehead atoms. The first-order chi connectivity index (χ1) is 16.5. The topological polar surface area (TPSA) is 77.5 Å². The maximum absolute atomic E-state index is 12.6. The molecule has 4 aromatic rings. The van der Waals surface area contributed by atoms with E-state index in [-0.39, 0.29) is 18.3 Å². The minimum Gasteiger partial charge on any atom is -0.466 e. The van der Waals surface area contributed by atoms with Crippen LogP contribution in [0.2, 0.25) is 5.02 Å². The SMILES string of the molecule is CCOC(=O)Cc1ccc(Oc2ccc(NC(=O)c3csc(-c4ccccc4)n3)cc2)c(Cl)c1. The van der Waals surface area contributed by atoms with Crippen LogP contribution in [-0.4, -0.2) is 23.5 Å². The molecule has 34 heavy (non-hydrogen) atoms. The van der Waals surface area contributed by atoms with Crippen LogP contribution in [0, 0.1) is 0 Å². The normalized spacial score (nSPS) is 10.5. The summed E-state index contributed by atoms with van der Waals surface area (Å²) in [5.41, 5.74) is 2.69. The molecule has 0 atom stereocenters. The van der Waals surface area contributed by atoms with Gasteiger partial charge in [0.1, 0.15) is 22.2 Å². The summed E-state index contributed by atoms with van der Waals surface area (Å²) in [5.74, 6) is 0.422. The van der Waals surface area contributed by atoms with E-state index < -0.39 is 0 Å². The number of rotatable bonds is 8. The predicted octanol–water partition coefficient (Wildman–Crippen LogP) is 6.61. The van der Waals surface area contributed by atoms with Crippen molar-refractivity contribution >= 4 is 40.5 Å². The molecule has 1 N–H and O–H groups in total. The second-order valence-corrected chi connectivity index (χ2v) is 8.50. The number of anilines is 1. The lowest BCUT2D eigenvalue weighted by atomic mass is 10.1. The second kappa shape index (κ2) is 11.0. The van der Waals surface area contributed by atoms with Crippen molar-refractivity contribution in [3.05, 3.63) is 94.5 Å². The Bertz CT molecular complexity index is 1290. The average Bonchev–Trinajstić information content (AvgIpc) is 3.33. The molecular weight excluding hydrogens is 472 g/mol. The number of ether oxygens (including phenoxy) is 2. The third-order valence-corrected chi connectivity index (χ3v) is 5.93. The molecule has 0 radical (unpaired) electrons. The van der Waals surface area contributed by atoms with E-state index in [1.807, 2.05) is 30.3 Å². The van der Waals surface area contributed by atoms with Crippen molar-refractivity contribution < 1.29 is 19.1 Å². The van der Waals surface area contributed by atoms with Gasteiger partial charge in [0.2, 0.25) is 0 Å². The zero-order valence-corrected chi connectivity index (χ0v) is 19.9. The third kappa shape index (κ3) is 6.01. The van der Waals surface area contributed by atoms with Crippen LogP contribution in [0.25, 0.3) is 10.6 Å². The minimum absolute atomic E-state index is 0.147. The maximum Gasteiger partial charge on any atom is 0.310 e. The number of nitrogens with zero attached hydrogens (tertiary/aromatic N) is 1. The van der Waals surface area contributed by atoms with E-state index in [9.17, 15) is 9.59 Å². The number of hydrogen-bond donors (Lipinski definition) is 1. The maximum atomic E-state index is 12.6. The fourth-order valence-electron chi connectivity index (χ4n) is 3.14. The standard InChI is InChI=1S/C26H21ClN2O4S/c1-2-32-24(30)15-17-8-13-23(21(27)14-17)33-20-11-9-19(10-12-20)28-25(31)22-16-34-26(29-22)18-6-4-3-5-7-18/h3-14,16H,2,15H2,1H3,(H,28,31). The van der Waals surface area contributed by atoms with Crippen LogP contribution in [0.1, 0.15) is 23.0 Å². The van der Waals surface area contributed by atoms with Crippen LogP contribution in [-0.2, 0) is 16.0 Å². The van der Waals surface area contributed by atoms with Crippen molar-refractivity contribution in [1.29, 1.82) is 0 Å². The van der Waals surface area contributed by atoms with E-state index >= 15 is 0 Å². The molecule has 8 heteroatoms. The van der Waals surface area contributed by atoms with Gasteiger partial charge in [-0.25, -0.2) is 4.98 Å². The van der Waals surface area contributed by atoms with Crippen LogP contribution in [0.3, 0.4) is 0 Å². The van der Waals surface area contributed by atoms with Gasteiger partial charge in [-0.1, -0.05) is 48.0 Å². The van der Waals surface area contributed by atoms with Crippen molar-refractivity contribution in [1.82, 2.24) is 4.98 Å². The molecule has 0 spiro atoms. The Labute approximate surface area is 206 Å². The fourth-order valence-corrected chi connectivity index (χ4v) is 4.18. The number of halogens is 1. The van der Waals surface area contributed by atoms with Crippen LogP contribution in [0.4, 0.5) is 5.69 Å². The van der Waals surface area contributed by atoms with Crippen molar-refractivity contribution in [3.63, 3.8) is 0 Å². The van der Waals surface area contributed by atoms with Gasteiger partial charge in [0, 0.05) is 16.6 Å². The fraction of sp³-hybridized carbons (Fsp3) is 0.115. The lowest BCUT2D eigenvalue weighted by Crippen LogP contribution is -2.12. The zero-order valence-electron chi connectivity index (χ0n) is 18.3. The lowest BCUT2D eigenvalue weighted by molar-refractivity contribution is -0.142. The quantitative estimate of drug-likeness (QED) is 0.280. The van der Waals surface area contributed by atoms with Crippen LogP contribution in [0.5, 0.6) is 11.5 Å². The summed E-state index contributed by atoms with van der Waals surface area (Å²) in [6.07, 6.45) is 0.147. The summed E-state index contributed by atoms with van der Waals surface area (Å²) in [5, 5.41) is 5.76. The smallest absolute Gasteiger partial charge is 0.310 e. The van der Waals surface area contributed by atoms with E-state index in [2.05, 4.69) is 10.3 Å². The second-order valence-electron chi connectivity index (χ2n) is 7.23. The Morgan fingerprint density at radius 3 is 2.50 bits per heavy atom. The van der Waals surface area contributed by atoms with Crippen LogP contribution < -0.4 is 10.1 Å². The highest BCUT2D eigenvalue weighted by atomic mass is 35.5. The molecule has 1 aromatic heterocycles. The first-order valence-corrected chi connectivity index (χ1v) is 11.8. The summed E-state index contributed by atoms with van der Waals surface area (Å²) < 4.78 is 10.8. The number of carbonyl (C=O) groups is 2. The minimum atomic E-state index is -0.307. The molecule has 0 unspecified atom stereocenters. The van der Waals surface area contributed by atoms with E-state index in [0.717, 1.165) is 16.1 Å². The van der Waals surface area contributed by atoms with Gasteiger partial charge in [-0.15, -0.1) is 11.3 Å². The van der Waals surface area contributed by atoms with Crippen molar-refractivity contribution in [2.45, 2.75) is 13.3 Å². The molecule has 4 rings (SSSR count). The number of nitrogens with one attached hydrogen (secondary N) is 1. The van der Waals surface area contributed by atoms with Gasteiger partial charge in [-0.2, -0.15) is 0 Å². The molecular formula is C26H21ClN2O4S. The number of hydrogen-bond acceptors (Lipinski definition) is 6. The highest BCUT2D eigenvalue weighted by Crippen LogP contribution is 2.31. The van der Waals surface area contributed by atoms with Crippen molar-refractivity contribution in [3.8, 4) is 22.1 Å². The number of esters is 1. The van der Waals surface area contributed by atoms with Crippen LogP contribution in [0.15, 0.2) is 78.2 Å². The van der Waals surface area contributed by atoms with Gasteiger partial charge in [0.25, 0.3) is 5.91 Å². The number of thiazole rings is 1. The third-order valence-electron chi connectivity index (χ3n) is 4.75.